The minimum absolute atomic E-state index is 0.0819. The molecule has 1 aliphatic rings. The van der Waals surface area contributed by atoms with Crippen molar-refractivity contribution in [2.45, 2.75) is 6.54 Å². The number of thiophene rings is 1. The topological polar surface area (TPSA) is 48.0 Å². The molecule has 1 amide bonds. The Morgan fingerprint density at radius 3 is 2.61 bits per heavy atom. The molecule has 0 aliphatic carbocycles. The van der Waals surface area contributed by atoms with Crippen LogP contribution in [0.1, 0.15) is 4.88 Å². The molecule has 4 rings (SSSR count). The number of hydrogen-bond acceptors (Lipinski definition) is 5. The van der Waals surface area contributed by atoms with Crippen molar-refractivity contribution in [3.63, 3.8) is 0 Å². The van der Waals surface area contributed by atoms with Crippen molar-refractivity contribution >= 4 is 34.5 Å². The van der Waals surface area contributed by atoms with Crippen LogP contribution in [0.4, 0.5) is 5.69 Å². The van der Waals surface area contributed by atoms with E-state index in [1.54, 1.807) is 40.5 Å². The van der Waals surface area contributed by atoms with Crippen LogP contribution in [0.15, 0.2) is 60.0 Å². The van der Waals surface area contributed by atoms with Crippen molar-refractivity contribution in [3.05, 3.63) is 69.9 Å². The Bertz CT molecular complexity index is 944. The van der Waals surface area contributed by atoms with Gasteiger partial charge in [-0.15, -0.1) is 11.3 Å². The fraction of sp³-hybridized carbons (Fsp3) is 0.190. The fourth-order valence-corrected chi connectivity index (χ4v) is 3.65. The summed E-state index contributed by atoms with van der Waals surface area (Å²) in [7, 11) is 0. The molecule has 1 aliphatic heterocycles. The third kappa shape index (κ3) is 4.40. The van der Waals surface area contributed by atoms with Crippen LogP contribution >= 0.6 is 22.9 Å². The van der Waals surface area contributed by atoms with Crippen molar-refractivity contribution in [3.8, 4) is 17.2 Å². The Balaban J connectivity index is 1.54. The highest BCUT2D eigenvalue weighted by molar-refractivity contribution is 7.09. The highest BCUT2D eigenvalue weighted by Gasteiger charge is 2.21. The van der Waals surface area contributed by atoms with Gasteiger partial charge in [0, 0.05) is 21.7 Å². The molecule has 0 radical (unpaired) electrons. The monoisotopic (exact) mass is 415 g/mol. The molecule has 0 saturated heterocycles. The molecule has 1 aromatic heterocycles. The normalized spacial score (nSPS) is 12.5. The number of anilines is 1. The van der Waals surface area contributed by atoms with Crippen LogP contribution in [-0.2, 0) is 11.3 Å². The van der Waals surface area contributed by atoms with Gasteiger partial charge >= 0.3 is 0 Å². The molecule has 5 nitrogen and oxygen atoms in total. The Labute approximate surface area is 172 Å². The van der Waals surface area contributed by atoms with Gasteiger partial charge in [-0.3, -0.25) is 4.79 Å². The lowest BCUT2D eigenvalue weighted by Crippen LogP contribution is -2.34. The van der Waals surface area contributed by atoms with Gasteiger partial charge in [-0.1, -0.05) is 17.7 Å². The molecule has 0 saturated carbocycles. The average Bonchev–Trinajstić information content (AvgIpc) is 3.24. The second-order valence-electron chi connectivity index (χ2n) is 6.13. The number of carbonyl (C=O) groups excluding carboxylic acids is 1. The summed E-state index contributed by atoms with van der Waals surface area (Å²) in [6.07, 6.45) is 0. The Morgan fingerprint density at radius 1 is 1.07 bits per heavy atom. The lowest BCUT2D eigenvalue weighted by Gasteiger charge is -2.25. The molecule has 3 aromatic rings. The maximum Gasteiger partial charge on any atom is 0.265 e. The van der Waals surface area contributed by atoms with Gasteiger partial charge < -0.3 is 19.1 Å². The number of rotatable bonds is 6. The number of amides is 1. The van der Waals surface area contributed by atoms with Gasteiger partial charge in [0.2, 0.25) is 0 Å². The van der Waals surface area contributed by atoms with Crippen LogP contribution in [0.25, 0.3) is 0 Å². The first kappa shape index (κ1) is 18.7. The Hall–Kier alpha value is -2.70. The number of hydrogen-bond donors (Lipinski definition) is 0. The summed E-state index contributed by atoms with van der Waals surface area (Å²) in [5, 5.41) is 2.61. The van der Waals surface area contributed by atoms with E-state index in [9.17, 15) is 4.79 Å². The third-order valence-electron chi connectivity index (χ3n) is 4.21. The van der Waals surface area contributed by atoms with Gasteiger partial charge in [0.25, 0.3) is 5.91 Å². The number of carbonyl (C=O) groups is 1. The summed E-state index contributed by atoms with van der Waals surface area (Å²) in [5.74, 6) is 1.78. The summed E-state index contributed by atoms with van der Waals surface area (Å²) >= 11 is 7.49. The molecule has 144 valence electrons. The number of ether oxygens (including phenoxy) is 3. The lowest BCUT2D eigenvalue weighted by molar-refractivity contribution is -0.120. The van der Waals surface area contributed by atoms with Gasteiger partial charge in [-0.25, -0.2) is 0 Å². The minimum Gasteiger partial charge on any atom is -0.486 e. The predicted molar refractivity (Wildman–Crippen MR) is 110 cm³/mol. The Kier molecular flexibility index (Phi) is 5.69. The number of fused-ring (bicyclic) bond motifs is 1. The first-order valence-electron chi connectivity index (χ1n) is 8.80. The molecular weight excluding hydrogens is 398 g/mol. The molecule has 28 heavy (non-hydrogen) atoms. The number of nitrogens with zero attached hydrogens (tertiary/aromatic N) is 1. The lowest BCUT2D eigenvalue weighted by atomic mass is 10.2. The van der Waals surface area contributed by atoms with Crippen molar-refractivity contribution in [1.82, 2.24) is 0 Å². The number of halogens is 1. The van der Waals surface area contributed by atoms with Gasteiger partial charge in [-0.05, 0) is 47.8 Å². The maximum atomic E-state index is 13.0. The summed E-state index contributed by atoms with van der Waals surface area (Å²) < 4.78 is 16.9. The zero-order chi connectivity index (χ0) is 19.3. The second-order valence-corrected chi connectivity index (χ2v) is 7.60. The van der Waals surface area contributed by atoms with E-state index in [4.69, 9.17) is 25.8 Å². The molecule has 2 aromatic carbocycles. The van der Waals surface area contributed by atoms with E-state index in [0.717, 1.165) is 10.6 Å². The largest absolute Gasteiger partial charge is 0.486 e. The van der Waals surface area contributed by atoms with E-state index in [2.05, 4.69) is 0 Å². The summed E-state index contributed by atoms with van der Waals surface area (Å²) in [6, 6.07) is 16.4. The first-order valence-corrected chi connectivity index (χ1v) is 10.1. The van der Waals surface area contributed by atoms with Crippen molar-refractivity contribution in [1.29, 1.82) is 0 Å². The molecule has 0 spiro atoms. The van der Waals surface area contributed by atoms with Crippen LogP contribution in [0.5, 0.6) is 17.2 Å². The van der Waals surface area contributed by atoms with E-state index in [1.807, 2.05) is 35.7 Å². The summed E-state index contributed by atoms with van der Waals surface area (Å²) in [6.45, 7) is 1.40. The van der Waals surface area contributed by atoms with Crippen LogP contribution in [0.2, 0.25) is 5.02 Å². The third-order valence-corrected chi connectivity index (χ3v) is 5.32. The molecule has 0 bridgehead atoms. The fourth-order valence-electron chi connectivity index (χ4n) is 2.84. The van der Waals surface area contributed by atoms with E-state index in [1.165, 1.54) is 0 Å². The molecule has 7 heteroatoms. The van der Waals surface area contributed by atoms with Crippen molar-refractivity contribution < 1.29 is 19.0 Å². The van der Waals surface area contributed by atoms with Crippen molar-refractivity contribution in [2.24, 2.45) is 0 Å². The average molecular weight is 416 g/mol. The van der Waals surface area contributed by atoms with Crippen LogP contribution in [0, 0.1) is 0 Å². The van der Waals surface area contributed by atoms with E-state index in [-0.39, 0.29) is 12.5 Å². The molecule has 0 unspecified atom stereocenters. The zero-order valence-electron chi connectivity index (χ0n) is 15.0. The second kappa shape index (κ2) is 8.54. The zero-order valence-corrected chi connectivity index (χ0v) is 16.5. The van der Waals surface area contributed by atoms with Crippen LogP contribution in [0.3, 0.4) is 0 Å². The Morgan fingerprint density at radius 2 is 1.86 bits per heavy atom. The maximum absolute atomic E-state index is 13.0. The molecule has 0 N–H and O–H groups in total. The SMILES string of the molecule is O=C(COc1ccc(Cl)cc1)N(Cc1cccs1)c1ccc2c(c1)OCCO2. The first-order chi connectivity index (χ1) is 13.7. The highest BCUT2D eigenvalue weighted by Crippen LogP contribution is 2.34. The minimum atomic E-state index is -0.153. The van der Waals surface area contributed by atoms with Crippen LogP contribution < -0.4 is 19.1 Å². The predicted octanol–water partition coefficient (Wildman–Crippen LogP) is 4.78. The van der Waals surface area contributed by atoms with Crippen LogP contribution in [-0.4, -0.2) is 25.7 Å². The van der Waals surface area contributed by atoms with E-state index >= 15 is 0 Å². The molecular formula is C21H18ClNO4S. The quantitative estimate of drug-likeness (QED) is 0.581. The highest BCUT2D eigenvalue weighted by atomic mass is 35.5. The standard InChI is InChI=1S/C21H18ClNO4S/c22-15-3-6-17(7-4-15)27-14-21(24)23(13-18-2-1-11-28-18)16-5-8-19-20(12-16)26-10-9-25-19/h1-8,11-12H,9-10,13-14H2. The van der Waals surface area contributed by atoms with Crippen molar-refractivity contribution in [2.75, 3.05) is 24.7 Å². The molecule has 2 heterocycles. The van der Waals surface area contributed by atoms with E-state index in [0.29, 0.717) is 42.0 Å². The van der Waals surface area contributed by atoms with Gasteiger partial charge in [-0.2, -0.15) is 0 Å². The summed E-state index contributed by atoms with van der Waals surface area (Å²) in [5.41, 5.74) is 0.738. The van der Waals surface area contributed by atoms with E-state index < -0.39 is 0 Å². The van der Waals surface area contributed by atoms with Gasteiger partial charge in [0.15, 0.2) is 18.1 Å². The van der Waals surface area contributed by atoms with Gasteiger partial charge in [0.1, 0.15) is 19.0 Å². The number of benzene rings is 2. The molecule has 0 atom stereocenters. The van der Waals surface area contributed by atoms with Gasteiger partial charge in [0.05, 0.1) is 6.54 Å². The smallest absolute Gasteiger partial charge is 0.265 e. The summed E-state index contributed by atoms with van der Waals surface area (Å²) in [4.78, 5) is 15.8. The molecule has 0 fully saturated rings.